The topological polar surface area (TPSA) is 81.8 Å². The first kappa shape index (κ1) is 12.3. The van der Waals surface area contributed by atoms with Gasteiger partial charge in [-0.2, -0.15) is 0 Å². The lowest BCUT2D eigenvalue weighted by atomic mass is 10.1. The van der Waals surface area contributed by atoms with E-state index < -0.39 is 23.2 Å². The highest BCUT2D eigenvalue weighted by Gasteiger charge is 2.33. The summed E-state index contributed by atoms with van der Waals surface area (Å²) in [7, 11) is 1.43. The van der Waals surface area contributed by atoms with Crippen molar-refractivity contribution < 1.29 is 19.5 Å². The first-order valence-corrected chi connectivity index (χ1v) is 3.92. The van der Waals surface area contributed by atoms with Gasteiger partial charge < -0.3 is 14.6 Å². The highest BCUT2D eigenvalue weighted by molar-refractivity contribution is 4.70. The smallest absolute Gasteiger partial charge is 0.263 e. The number of hydrogen-bond donors (Lipinski definition) is 1. The van der Waals surface area contributed by atoms with Crippen LogP contribution < -0.4 is 0 Å². The Bertz CT molecular complexity index is 161. The van der Waals surface area contributed by atoms with E-state index in [1.54, 1.807) is 0 Å². The minimum Gasteiger partial charge on any atom is -0.386 e. The molecule has 0 radical (unpaired) electrons. The molecular formula is C7H15NO5. The van der Waals surface area contributed by atoms with Gasteiger partial charge in [0.25, 0.3) is 6.04 Å². The van der Waals surface area contributed by atoms with Gasteiger partial charge in [-0.3, -0.25) is 10.1 Å². The van der Waals surface area contributed by atoms with Crippen molar-refractivity contribution in [2.45, 2.75) is 32.1 Å². The zero-order chi connectivity index (χ0) is 10.4. The van der Waals surface area contributed by atoms with E-state index in [9.17, 15) is 10.1 Å². The van der Waals surface area contributed by atoms with Gasteiger partial charge in [0.2, 0.25) is 0 Å². The molecule has 0 amide bonds. The predicted octanol–water partition coefficient (Wildman–Crippen LogP) is 0.0215. The van der Waals surface area contributed by atoms with Crippen LogP contribution in [0.5, 0.6) is 0 Å². The molecule has 0 aliphatic heterocycles. The second-order valence-electron chi connectivity index (χ2n) is 2.79. The van der Waals surface area contributed by atoms with E-state index in [0.29, 0.717) is 0 Å². The fraction of sp³-hybridized carbons (Fsp3) is 1.00. The van der Waals surface area contributed by atoms with Gasteiger partial charge in [-0.25, -0.2) is 0 Å². The Labute approximate surface area is 76.6 Å². The highest BCUT2D eigenvalue weighted by Crippen LogP contribution is 2.07. The molecule has 0 spiro atoms. The maximum Gasteiger partial charge on any atom is 0.263 e. The average Bonchev–Trinajstić information content (AvgIpc) is 1.99. The van der Waals surface area contributed by atoms with Gasteiger partial charge in [-0.1, -0.05) is 0 Å². The Balaban J connectivity index is 4.12. The average molecular weight is 193 g/mol. The molecule has 1 N–H and O–H groups in total. The van der Waals surface area contributed by atoms with Crippen LogP contribution >= 0.6 is 0 Å². The van der Waals surface area contributed by atoms with Crippen molar-refractivity contribution in [1.82, 2.24) is 0 Å². The Morgan fingerprint density at radius 3 is 2.38 bits per heavy atom. The number of nitrogens with zero attached hydrogens (tertiary/aromatic N) is 1. The van der Waals surface area contributed by atoms with E-state index in [1.165, 1.54) is 21.0 Å². The molecule has 0 aromatic carbocycles. The third-order valence-corrected chi connectivity index (χ3v) is 1.67. The van der Waals surface area contributed by atoms with E-state index >= 15 is 0 Å². The van der Waals surface area contributed by atoms with Crippen LogP contribution in [-0.2, 0) is 9.47 Å². The van der Waals surface area contributed by atoms with Gasteiger partial charge in [0.05, 0.1) is 0 Å². The normalized spacial score (nSPS) is 17.8. The van der Waals surface area contributed by atoms with Crippen molar-refractivity contribution in [1.29, 1.82) is 0 Å². The molecule has 13 heavy (non-hydrogen) atoms. The van der Waals surface area contributed by atoms with Gasteiger partial charge in [-0.15, -0.1) is 0 Å². The molecule has 0 rings (SSSR count). The summed E-state index contributed by atoms with van der Waals surface area (Å²) in [6.45, 7) is 2.87. The lowest BCUT2D eigenvalue weighted by Crippen LogP contribution is -2.42. The van der Waals surface area contributed by atoms with Crippen LogP contribution in [-0.4, -0.2) is 42.2 Å². The molecule has 0 aliphatic carbocycles. The first-order valence-electron chi connectivity index (χ1n) is 3.92. The SMILES string of the molecule is COCOC(C)C(C(C)O)[N+](=O)[O-]. The maximum absolute atomic E-state index is 10.5. The third-order valence-electron chi connectivity index (χ3n) is 1.67. The van der Waals surface area contributed by atoms with Gasteiger partial charge in [0.15, 0.2) is 0 Å². The van der Waals surface area contributed by atoms with E-state index in [0.717, 1.165) is 0 Å². The Hall–Kier alpha value is -0.720. The van der Waals surface area contributed by atoms with Gasteiger partial charge in [0.1, 0.15) is 19.0 Å². The van der Waals surface area contributed by atoms with Crippen LogP contribution in [0, 0.1) is 10.1 Å². The Kier molecular flexibility index (Phi) is 5.52. The standard InChI is InChI=1S/C7H15NO5/c1-5(9)7(8(10)11)6(2)13-4-12-3/h5-7,9H,4H2,1-3H3. The minimum atomic E-state index is -1.12. The number of nitro groups is 1. The number of aliphatic hydroxyl groups is 1. The molecule has 0 fully saturated rings. The fourth-order valence-electron chi connectivity index (χ4n) is 1.01. The molecule has 0 heterocycles. The van der Waals surface area contributed by atoms with Gasteiger partial charge >= 0.3 is 0 Å². The Morgan fingerprint density at radius 1 is 1.54 bits per heavy atom. The van der Waals surface area contributed by atoms with E-state index in [2.05, 4.69) is 4.74 Å². The van der Waals surface area contributed by atoms with Crippen LogP contribution in [0.2, 0.25) is 0 Å². The number of hydrogen-bond acceptors (Lipinski definition) is 5. The van der Waals surface area contributed by atoms with Crippen molar-refractivity contribution in [3.63, 3.8) is 0 Å². The summed E-state index contributed by atoms with van der Waals surface area (Å²) >= 11 is 0. The summed E-state index contributed by atoms with van der Waals surface area (Å²) in [6.07, 6.45) is -1.71. The zero-order valence-corrected chi connectivity index (χ0v) is 7.97. The molecule has 0 saturated heterocycles. The summed E-state index contributed by atoms with van der Waals surface area (Å²) in [6, 6.07) is -1.12. The molecule has 0 aromatic rings. The number of rotatable bonds is 6. The molecule has 0 bridgehead atoms. The lowest BCUT2D eigenvalue weighted by molar-refractivity contribution is -0.546. The van der Waals surface area contributed by atoms with Crippen molar-refractivity contribution in [3.8, 4) is 0 Å². The predicted molar refractivity (Wildman–Crippen MR) is 44.9 cm³/mol. The van der Waals surface area contributed by atoms with Crippen LogP contribution in [0.15, 0.2) is 0 Å². The molecule has 3 atom stereocenters. The van der Waals surface area contributed by atoms with Crippen molar-refractivity contribution >= 4 is 0 Å². The molecule has 0 aromatic heterocycles. The maximum atomic E-state index is 10.5. The number of ether oxygens (including phenoxy) is 2. The second-order valence-corrected chi connectivity index (χ2v) is 2.79. The van der Waals surface area contributed by atoms with Crippen LogP contribution in [0.4, 0.5) is 0 Å². The summed E-state index contributed by atoms with van der Waals surface area (Å²) in [5, 5.41) is 19.6. The fourth-order valence-corrected chi connectivity index (χ4v) is 1.01. The molecule has 3 unspecified atom stereocenters. The summed E-state index contributed by atoms with van der Waals surface area (Å²) in [5.74, 6) is 0. The largest absolute Gasteiger partial charge is 0.386 e. The summed E-state index contributed by atoms with van der Waals surface area (Å²) < 4.78 is 9.55. The third kappa shape index (κ3) is 4.16. The molecule has 0 aliphatic rings. The second kappa shape index (κ2) is 5.85. The molecular weight excluding hydrogens is 178 g/mol. The van der Waals surface area contributed by atoms with Crippen molar-refractivity contribution in [2.24, 2.45) is 0 Å². The molecule has 78 valence electrons. The number of aliphatic hydroxyl groups excluding tert-OH is 1. The minimum absolute atomic E-state index is 0.0156. The molecule has 0 saturated carbocycles. The van der Waals surface area contributed by atoms with Crippen LogP contribution in [0.1, 0.15) is 13.8 Å². The Morgan fingerprint density at radius 2 is 2.08 bits per heavy atom. The summed E-state index contributed by atoms with van der Waals surface area (Å²) in [5.41, 5.74) is 0. The van der Waals surface area contributed by atoms with Crippen LogP contribution in [0.25, 0.3) is 0 Å². The van der Waals surface area contributed by atoms with E-state index in [4.69, 9.17) is 9.84 Å². The monoisotopic (exact) mass is 193 g/mol. The van der Waals surface area contributed by atoms with Crippen molar-refractivity contribution in [2.75, 3.05) is 13.9 Å². The quantitative estimate of drug-likeness (QED) is 0.365. The molecule has 6 nitrogen and oxygen atoms in total. The lowest BCUT2D eigenvalue weighted by Gasteiger charge is -2.18. The van der Waals surface area contributed by atoms with Gasteiger partial charge in [0, 0.05) is 12.0 Å². The molecule has 6 heteroatoms. The van der Waals surface area contributed by atoms with E-state index in [-0.39, 0.29) is 6.79 Å². The first-order chi connectivity index (χ1) is 6.00. The van der Waals surface area contributed by atoms with E-state index in [1.807, 2.05) is 0 Å². The van der Waals surface area contributed by atoms with Crippen LogP contribution in [0.3, 0.4) is 0 Å². The zero-order valence-electron chi connectivity index (χ0n) is 7.97. The van der Waals surface area contributed by atoms with Gasteiger partial charge in [-0.05, 0) is 13.8 Å². The van der Waals surface area contributed by atoms with Crippen molar-refractivity contribution in [3.05, 3.63) is 10.1 Å². The summed E-state index contributed by atoms with van der Waals surface area (Å²) in [4.78, 5) is 9.92. The highest BCUT2D eigenvalue weighted by atomic mass is 16.7. The number of methoxy groups -OCH3 is 1.